The standard InChI is InChI=1S/C4H8O4/c1-3(5)2-8-4(6)7/h3,5H,2H2,1H3,(H,6,7)/t3-/m1/s1. The lowest BCUT2D eigenvalue weighted by atomic mass is 10.5. The lowest BCUT2D eigenvalue weighted by Crippen LogP contribution is -2.13. The Morgan fingerprint density at radius 2 is 2.38 bits per heavy atom. The number of carbonyl (C=O) groups is 1. The highest BCUT2D eigenvalue weighted by atomic mass is 16.7. The lowest BCUT2D eigenvalue weighted by Gasteiger charge is -2.00. The van der Waals surface area contributed by atoms with Crippen molar-refractivity contribution in [2.75, 3.05) is 6.61 Å². The van der Waals surface area contributed by atoms with E-state index in [9.17, 15) is 4.79 Å². The van der Waals surface area contributed by atoms with E-state index in [0.717, 1.165) is 0 Å². The van der Waals surface area contributed by atoms with Crippen molar-refractivity contribution >= 4 is 6.16 Å². The fourth-order valence-corrected chi connectivity index (χ4v) is 0.192. The van der Waals surface area contributed by atoms with Gasteiger partial charge in [0.2, 0.25) is 0 Å². The van der Waals surface area contributed by atoms with Crippen LogP contribution < -0.4 is 0 Å². The molecule has 0 aliphatic carbocycles. The summed E-state index contributed by atoms with van der Waals surface area (Å²) in [5.41, 5.74) is 0. The Morgan fingerprint density at radius 1 is 1.88 bits per heavy atom. The van der Waals surface area contributed by atoms with Gasteiger partial charge in [0.15, 0.2) is 0 Å². The second-order valence-corrected chi connectivity index (χ2v) is 1.43. The van der Waals surface area contributed by atoms with Crippen LogP contribution in [0.5, 0.6) is 0 Å². The summed E-state index contributed by atoms with van der Waals surface area (Å²) in [6.07, 6.45) is -2.07. The van der Waals surface area contributed by atoms with Gasteiger partial charge < -0.3 is 14.9 Å². The summed E-state index contributed by atoms with van der Waals surface area (Å²) in [7, 11) is 0. The van der Waals surface area contributed by atoms with Gasteiger partial charge in [0, 0.05) is 0 Å². The van der Waals surface area contributed by atoms with Crippen molar-refractivity contribution in [3.8, 4) is 0 Å². The molecule has 4 nitrogen and oxygen atoms in total. The maximum atomic E-state index is 9.57. The van der Waals surface area contributed by atoms with Crippen LogP contribution in [0.25, 0.3) is 0 Å². The zero-order valence-electron chi connectivity index (χ0n) is 4.50. The fourth-order valence-electron chi connectivity index (χ4n) is 0.192. The van der Waals surface area contributed by atoms with Crippen LogP contribution >= 0.6 is 0 Å². The van der Waals surface area contributed by atoms with Crippen LogP contribution in [-0.4, -0.2) is 29.1 Å². The molecule has 0 bridgehead atoms. The van der Waals surface area contributed by atoms with Crippen molar-refractivity contribution in [2.24, 2.45) is 0 Å². The predicted molar refractivity (Wildman–Crippen MR) is 25.7 cm³/mol. The number of rotatable bonds is 2. The molecule has 8 heavy (non-hydrogen) atoms. The van der Waals surface area contributed by atoms with Crippen molar-refractivity contribution in [1.82, 2.24) is 0 Å². The average Bonchev–Trinajstić information content (AvgIpc) is 1.61. The molecule has 0 aromatic rings. The molecule has 0 spiro atoms. The summed E-state index contributed by atoms with van der Waals surface area (Å²) in [6.45, 7) is 1.29. The minimum atomic E-state index is -1.36. The molecule has 2 N–H and O–H groups in total. The van der Waals surface area contributed by atoms with Crippen LogP contribution in [0.15, 0.2) is 0 Å². The lowest BCUT2D eigenvalue weighted by molar-refractivity contribution is 0.0466. The number of aliphatic hydroxyl groups is 1. The monoisotopic (exact) mass is 120 g/mol. The number of hydrogen-bond donors (Lipinski definition) is 2. The summed E-state index contributed by atoms with van der Waals surface area (Å²) in [5.74, 6) is 0. The molecule has 4 heteroatoms. The Morgan fingerprint density at radius 3 is 2.50 bits per heavy atom. The van der Waals surface area contributed by atoms with Crippen LogP contribution in [0, 0.1) is 0 Å². The zero-order valence-corrected chi connectivity index (χ0v) is 4.50. The third-order valence-corrected chi connectivity index (χ3v) is 0.448. The molecule has 0 aliphatic heterocycles. The zero-order chi connectivity index (χ0) is 6.57. The van der Waals surface area contributed by atoms with E-state index in [1.165, 1.54) is 6.92 Å². The summed E-state index contributed by atoms with van der Waals surface area (Å²) < 4.78 is 3.97. The minimum absolute atomic E-state index is 0.157. The minimum Gasteiger partial charge on any atom is -0.450 e. The number of carboxylic acid groups (broad SMARTS) is 1. The Hall–Kier alpha value is -0.770. The summed E-state index contributed by atoms with van der Waals surface area (Å²) in [5, 5.41) is 16.2. The largest absolute Gasteiger partial charge is 0.505 e. The highest BCUT2D eigenvalue weighted by Crippen LogP contribution is 1.81. The fraction of sp³-hybridized carbons (Fsp3) is 0.750. The van der Waals surface area contributed by atoms with Gasteiger partial charge in [-0.3, -0.25) is 0 Å². The van der Waals surface area contributed by atoms with Gasteiger partial charge in [0.25, 0.3) is 0 Å². The third-order valence-electron chi connectivity index (χ3n) is 0.448. The van der Waals surface area contributed by atoms with Crippen molar-refractivity contribution < 1.29 is 19.7 Å². The molecule has 0 saturated carbocycles. The van der Waals surface area contributed by atoms with E-state index < -0.39 is 12.3 Å². The first-order chi connectivity index (χ1) is 3.63. The highest BCUT2D eigenvalue weighted by Gasteiger charge is 1.98. The van der Waals surface area contributed by atoms with E-state index in [4.69, 9.17) is 10.2 Å². The number of hydrogen-bond acceptors (Lipinski definition) is 3. The second-order valence-electron chi connectivity index (χ2n) is 1.43. The molecule has 0 radical (unpaired) electrons. The quantitative estimate of drug-likeness (QED) is 0.506. The highest BCUT2D eigenvalue weighted by molar-refractivity contribution is 5.56. The molecular weight excluding hydrogens is 112 g/mol. The number of aliphatic hydroxyl groups excluding tert-OH is 1. The van der Waals surface area contributed by atoms with Crippen molar-refractivity contribution in [2.45, 2.75) is 13.0 Å². The van der Waals surface area contributed by atoms with Gasteiger partial charge in [0.05, 0.1) is 6.10 Å². The van der Waals surface area contributed by atoms with E-state index in [1.54, 1.807) is 0 Å². The Kier molecular flexibility index (Phi) is 2.95. The van der Waals surface area contributed by atoms with Crippen LogP contribution in [0.3, 0.4) is 0 Å². The first-order valence-corrected chi connectivity index (χ1v) is 2.16. The Balaban J connectivity index is 3.05. The maximum absolute atomic E-state index is 9.57. The van der Waals surface area contributed by atoms with Crippen LogP contribution in [0.4, 0.5) is 4.79 Å². The molecule has 0 aromatic heterocycles. The van der Waals surface area contributed by atoms with Crippen molar-refractivity contribution in [3.63, 3.8) is 0 Å². The SMILES string of the molecule is C[C@@H](O)COC(=O)O. The normalized spacial score (nSPS) is 12.8. The average molecular weight is 120 g/mol. The molecule has 48 valence electrons. The van der Waals surface area contributed by atoms with E-state index in [2.05, 4.69) is 4.74 Å². The van der Waals surface area contributed by atoms with E-state index in [-0.39, 0.29) is 6.61 Å². The summed E-state index contributed by atoms with van der Waals surface area (Å²) in [4.78, 5) is 9.57. The topological polar surface area (TPSA) is 66.8 Å². The smallest absolute Gasteiger partial charge is 0.450 e. The molecule has 0 fully saturated rings. The summed E-state index contributed by atoms with van der Waals surface area (Å²) >= 11 is 0. The number of ether oxygens (including phenoxy) is 1. The third kappa shape index (κ3) is 5.23. The summed E-state index contributed by atoms with van der Waals surface area (Å²) in [6, 6.07) is 0. The van der Waals surface area contributed by atoms with Crippen LogP contribution in [-0.2, 0) is 4.74 Å². The molecule has 0 aliphatic rings. The Bertz CT molecular complexity index is 78.1. The molecule has 0 heterocycles. The van der Waals surface area contributed by atoms with E-state index >= 15 is 0 Å². The van der Waals surface area contributed by atoms with Crippen molar-refractivity contribution in [1.29, 1.82) is 0 Å². The van der Waals surface area contributed by atoms with Gasteiger partial charge in [-0.25, -0.2) is 4.79 Å². The maximum Gasteiger partial charge on any atom is 0.505 e. The molecule has 0 aromatic carbocycles. The van der Waals surface area contributed by atoms with Gasteiger partial charge in [-0.2, -0.15) is 0 Å². The second kappa shape index (κ2) is 3.26. The molecular formula is C4H8O4. The van der Waals surface area contributed by atoms with Crippen LogP contribution in [0.2, 0.25) is 0 Å². The first-order valence-electron chi connectivity index (χ1n) is 2.16. The van der Waals surface area contributed by atoms with Gasteiger partial charge in [-0.15, -0.1) is 0 Å². The molecule has 0 unspecified atom stereocenters. The van der Waals surface area contributed by atoms with Gasteiger partial charge in [-0.05, 0) is 6.92 Å². The molecule has 0 rings (SSSR count). The molecule has 0 saturated heterocycles. The van der Waals surface area contributed by atoms with E-state index in [0.29, 0.717) is 0 Å². The van der Waals surface area contributed by atoms with Gasteiger partial charge in [-0.1, -0.05) is 0 Å². The Labute approximate surface area is 46.7 Å². The molecule has 1 atom stereocenters. The molecule has 0 amide bonds. The van der Waals surface area contributed by atoms with Gasteiger partial charge >= 0.3 is 6.16 Å². The van der Waals surface area contributed by atoms with Gasteiger partial charge in [0.1, 0.15) is 6.61 Å². The van der Waals surface area contributed by atoms with Crippen LogP contribution in [0.1, 0.15) is 6.92 Å². The predicted octanol–water partition coefficient (Wildman–Crippen LogP) is 0.0618. The van der Waals surface area contributed by atoms with E-state index in [1.807, 2.05) is 0 Å². The first kappa shape index (κ1) is 7.23. The van der Waals surface area contributed by atoms with Crippen molar-refractivity contribution in [3.05, 3.63) is 0 Å².